The number of nitrogens with one attached hydrogen (secondary N) is 2. The lowest BCUT2D eigenvalue weighted by atomic mass is 10.0. The third-order valence-electron chi connectivity index (χ3n) is 4.74. The predicted octanol–water partition coefficient (Wildman–Crippen LogP) is 1.65. The van der Waals surface area contributed by atoms with Crippen molar-refractivity contribution >= 4 is 11.9 Å². The molecule has 3 rings (SSSR count). The average Bonchev–Trinajstić information content (AvgIpc) is 3.32. The summed E-state index contributed by atoms with van der Waals surface area (Å²) in [5.74, 6) is 1.25. The summed E-state index contributed by atoms with van der Waals surface area (Å²) in [6.07, 6.45) is 2.21. The van der Waals surface area contributed by atoms with E-state index in [-0.39, 0.29) is 24.0 Å². The van der Waals surface area contributed by atoms with Crippen LogP contribution in [0.4, 0.5) is 0 Å². The highest BCUT2D eigenvalue weighted by Gasteiger charge is 2.43. The second kappa shape index (κ2) is 6.08. The molecular formula is C17H22N2O3. The summed E-state index contributed by atoms with van der Waals surface area (Å²) in [4.78, 5) is 23.7. The summed E-state index contributed by atoms with van der Waals surface area (Å²) < 4.78 is 4.68. The fourth-order valence-electron chi connectivity index (χ4n) is 3.15. The standard InChI is InChI=1S/C17H22N2O3/c1-10(11-3-5-12(6-4-11)17(21)22-2)19-16(20)15-8-13-7-14(13)9-18-15/h3-6,10,13-15,18H,7-9H2,1-2H3,(H,19,20)/t10-,13?,14?,15+/m0/s1. The summed E-state index contributed by atoms with van der Waals surface area (Å²) in [5, 5.41) is 6.38. The smallest absolute Gasteiger partial charge is 0.337 e. The van der Waals surface area contributed by atoms with Crippen LogP contribution >= 0.6 is 0 Å². The van der Waals surface area contributed by atoms with Gasteiger partial charge in [-0.15, -0.1) is 0 Å². The first-order valence-electron chi connectivity index (χ1n) is 7.80. The molecule has 0 aromatic heterocycles. The number of piperidine rings is 1. The van der Waals surface area contributed by atoms with E-state index in [0.29, 0.717) is 5.56 Å². The zero-order valence-corrected chi connectivity index (χ0v) is 13.0. The molecule has 1 amide bonds. The third-order valence-corrected chi connectivity index (χ3v) is 4.74. The molecule has 1 aliphatic carbocycles. The van der Waals surface area contributed by atoms with E-state index in [1.54, 1.807) is 12.1 Å². The molecule has 1 aromatic carbocycles. The van der Waals surface area contributed by atoms with Gasteiger partial charge in [-0.05, 0) is 55.8 Å². The molecule has 1 saturated heterocycles. The first-order chi connectivity index (χ1) is 10.6. The first kappa shape index (κ1) is 15.0. The average molecular weight is 302 g/mol. The van der Waals surface area contributed by atoms with Crippen LogP contribution < -0.4 is 10.6 Å². The Bertz CT molecular complexity index is 570. The van der Waals surface area contributed by atoms with Crippen LogP contribution in [0.15, 0.2) is 24.3 Å². The number of methoxy groups -OCH3 is 1. The van der Waals surface area contributed by atoms with E-state index in [4.69, 9.17) is 0 Å². The van der Waals surface area contributed by atoms with Crippen LogP contribution in [-0.4, -0.2) is 31.6 Å². The van der Waals surface area contributed by atoms with Gasteiger partial charge in [-0.1, -0.05) is 12.1 Å². The Hall–Kier alpha value is -1.88. The van der Waals surface area contributed by atoms with E-state index in [9.17, 15) is 9.59 Å². The number of hydrogen-bond donors (Lipinski definition) is 2. The maximum atomic E-state index is 12.3. The summed E-state index contributed by atoms with van der Waals surface area (Å²) in [5.41, 5.74) is 1.49. The van der Waals surface area contributed by atoms with Gasteiger partial charge in [0.1, 0.15) is 0 Å². The SMILES string of the molecule is COC(=O)c1ccc([C@H](C)NC(=O)[C@H]2CC3CC3CN2)cc1. The number of rotatable bonds is 4. The maximum absolute atomic E-state index is 12.3. The quantitative estimate of drug-likeness (QED) is 0.830. The van der Waals surface area contributed by atoms with E-state index in [2.05, 4.69) is 15.4 Å². The Kier molecular flexibility index (Phi) is 4.16. The summed E-state index contributed by atoms with van der Waals surface area (Å²) >= 11 is 0. The molecule has 1 aliphatic heterocycles. The maximum Gasteiger partial charge on any atom is 0.337 e. The van der Waals surface area contributed by atoms with Crippen molar-refractivity contribution in [1.29, 1.82) is 0 Å². The van der Waals surface area contributed by atoms with Crippen LogP contribution in [-0.2, 0) is 9.53 Å². The molecule has 0 bridgehead atoms. The molecule has 5 heteroatoms. The van der Waals surface area contributed by atoms with Crippen molar-refractivity contribution < 1.29 is 14.3 Å². The van der Waals surface area contributed by atoms with Crippen molar-refractivity contribution in [3.63, 3.8) is 0 Å². The molecule has 2 unspecified atom stereocenters. The minimum atomic E-state index is -0.353. The van der Waals surface area contributed by atoms with Gasteiger partial charge in [0.2, 0.25) is 5.91 Å². The number of carbonyl (C=O) groups is 2. The van der Waals surface area contributed by atoms with Gasteiger partial charge in [-0.2, -0.15) is 0 Å². The Balaban J connectivity index is 1.57. The van der Waals surface area contributed by atoms with Gasteiger partial charge in [-0.25, -0.2) is 4.79 Å². The second-order valence-electron chi connectivity index (χ2n) is 6.30. The van der Waals surface area contributed by atoms with E-state index in [1.165, 1.54) is 13.5 Å². The third kappa shape index (κ3) is 3.14. The van der Waals surface area contributed by atoms with Crippen LogP contribution in [0.5, 0.6) is 0 Å². The summed E-state index contributed by atoms with van der Waals surface area (Å²) in [7, 11) is 1.36. The molecule has 0 spiro atoms. The van der Waals surface area contributed by atoms with Crippen molar-refractivity contribution in [1.82, 2.24) is 10.6 Å². The Morgan fingerprint density at radius 3 is 2.59 bits per heavy atom. The molecule has 2 fully saturated rings. The number of ether oxygens (including phenoxy) is 1. The lowest BCUT2D eigenvalue weighted by molar-refractivity contribution is -0.124. The summed E-state index contributed by atoms with van der Waals surface area (Å²) in [6.45, 7) is 2.92. The molecule has 5 nitrogen and oxygen atoms in total. The summed E-state index contributed by atoms with van der Waals surface area (Å²) in [6, 6.07) is 6.98. The van der Waals surface area contributed by atoms with Gasteiger partial charge in [0.25, 0.3) is 0 Å². The zero-order chi connectivity index (χ0) is 15.7. The number of benzene rings is 1. The topological polar surface area (TPSA) is 67.4 Å². The Labute approximate surface area is 130 Å². The fourth-order valence-corrected chi connectivity index (χ4v) is 3.15. The molecule has 22 heavy (non-hydrogen) atoms. The lowest BCUT2D eigenvalue weighted by Crippen LogP contribution is -2.47. The molecule has 2 N–H and O–H groups in total. The van der Waals surface area contributed by atoms with Crippen molar-refractivity contribution in [2.75, 3.05) is 13.7 Å². The van der Waals surface area contributed by atoms with Crippen LogP contribution in [0.3, 0.4) is 0 Å². The lowest BCUT2D eigenvalue weighted by Gasteiger charge is -2.24. The van der Waals surface area contributed by atoms with Gasteiger partial charge in [0.05, 0.1) is 24.8 Å². The molecular weight excluding hydrogens is 280 g/mol. The number of fused-ring (bicyclic) bond motifs is 1. The molecule has 1 heterocycles. The van der Waals surface area contributed by atoms with Crippen LogP contribution in [0.25, 0.3) is 0 Å². The van der Waals surface area contributed by atoms with E-state index < -0.39 is 0 Å². The second-order valence-corrected chi connectivity index (χ2v) is 6.30. The fraction of sp³-hybridized carbons (Fsp3) is 0.529. The number of hydrogen-bond acceptors (Lipinski definition) is 4. The Morgan fingerprint density at radius 2 is 1.95 bits per heavy atom. The van der Waals surface area contributed by atoms with E-state index in [1.807, 2.05) is 19.1 Å². The number of carbonyl (C=O) groups excluding carboxylic acids is 2. The molecule has 118 valence electrons. The van der Waals surface area contributed by atoms with Crippen molar-refractivity contribution in [3.8, 4) is 0 Å². The van der Waals surface area contributed by atoms with Crippen molar-refractivity contribution in [2.45, 2.75) is 31.8 Å². The van der Waals surface area contributed by atoms with Gasteiger partial charge >= 0.3 is 5.97 Å². The van der Waals surface area contributed by atoms with Crippen LogP contribution in [0, 0.1) is 11.8 Å². The van der Waals surface area contributed by atoms with Crippen molar-refractivity contribution in [2.24, 2.45) is 11.8 Å². The minimum absolute atomic E-state index is 0.0647. The number of amides is 1. The van der Waals surface area contributed by atoms with Gasteiger partial charge < -0.3 is 15.4 Å². The Morgan fingerprint density at radius 1 is 1.23 bits per heavy atom. The monoisotopic (exact) mass is 302 g/mol. The van der Waals surface area contributed by atoms with Crippen molar-refractivity contribution in [3.05, 3.63) is 35.4 Å². The highest BCUT2D eigenvalue weighted by Crippen LogP contribution is 2.44. The highest BCUT2D eigenvalue weighted by atomic mass is 16.5. The van der Waals surface area contributed by atoms with Gasteiger partial charge in [-0.3, -0.25) is 4.79 Å². The first-order valence-corrected chi connectivity index (χ1v) is 7.80. The molecule has 1 aromatic rings. The largest absolute Gasteiger partial charge is 0.465 e. The predicted molar refractivity (Wildman–Crippen MR) is 82.3 cm³/mol. The van der Waals surface area contributed by atoms with E-state index >= 15 is 0 Å². The molecule has 2 aliphatic rings. The molecule has 4 atom stereocenters. The highest BCUT2D eigenvalue weighted by molar-refractivity contribution is 5.89. The van der Waals surface area contributed by atoms with Gasteiger partial charge in [0, 0.05) is 0 Å². The number of esters is 1. The zero-order valence-electron chi connectivity index (χ0n) is 13.0. The molecule has 1 saturated carbocycles. The van der Waals surface area contributed by atoms with E-state index in [0.717, 1.165) is 30.4 Å². The normalized spacial score (nSPS) is 27.5. The van der Waals surface area contributed by atoms with Crippen LogP contribution in [0.2, 0.25) is 0 Å². The minimum Gasteiger partial charge on any atom is -0.465 e. The van der Waals surface area contributed by atoms with Crippen LogP contribution in [0.1, 0.15) is 41.7 Å². The molecule has 0 radical (unpaired) electrons. The van der Waals surface area contributed by atoms with Gasteiger partial charge in [0.15, 0.2) is 0 Å².